The maximum atomic E-state index is 12.3. The first-order valence-electron chi connectivity index (χ1n) is 10.3. The zero-order chi connectivity index (χ0) is 22.8. The van der Waals surface area contributed by atoms with Crippen molar-refractivity contribution in [3.63, 3.8) is 0 Å². The number of H-pyrrole nitrogens is 1. The van der Waals surface area contributed by atoms with E-state index in [9.17, 15) is 8.78 Å². The third-order valence-electron chi connectivity index (χ3n) is 4.60. The number of imidazole rings is 1. The molecule has 2 unspecified atom stereocenters. The Morgan fingerprint density at radius 1 is 1.39 bits per heavy atom. The molecule has 0 amide bonds. The number of allylic oxidation sites excluding steroid dienone is 1. The van der Waals surface area contributed by atoms with Crippen LogP contribution >= 0.6 is 11.8 Å². The summed E-state index contributed by atoms with van der Waals surface area (Å²) in [5, 5.41) is 7.12. The predicted molar refractivity (Wildman–Crippen MR) is 125 cm³/mol. The van der Waals surface area contributed by atoms with Crippen molar-refractivity contribution in [3.8, 4) is 11.4 Å². The molecular formula is C21H31F2N7S. The number of aromatic amines is 1. The third kappa shape index (κ3) is 8.02. The molecule has 10 heteroatoms. The highest BCUT2D eigenvalue weighted by Gasteiger charge is 2.23. The lowest BCUT2D eigenvalue weighted by Gasteiger charge is -2.35. The number of nitrogens with zero attached hydrogens (tertiary/aromatic N) is 4. The van der Waals surface area contributed by atoms with E-state index in [1.807, 2.05) is 17.8 Å². The summed E-state index contributed by atoms with van der Waals surface area (Å²) >= 11 is 1.90. The van der Waals surface area contributed by atoms with Gasteiger partial charge in [0.2, 0.25) is 0 Å². The van der Waals surface area contributed by atoms with Crippen molar-refractivity contribution in [1.82, 2.24) is 19.9 Å². The Morgan fingerprint density at radius 2 is 2.16 bits per heavy atom. The summed E-state index contributed by atoms with van der Waals surface area (Å²) in [6, 6.07) is 1.97. The minimum absolute atomic E-state index is 0.117. The first-order chi connectivity index (χ1) is 14.8. The van der Waals surface area contributed by atoms with Gasteiger partial charge in [-0.2, -0.15) is 11.8 Å². The number of halogens is 2. The summed E-state index contributed by atoms with van der Waals surface area (Å²) in [6.07, 6.45) is 7.05. The lowest BCUT2D eigenvalue weighted by Crippen LogP contribution is -2.46. The molecule has 2 aromatic rings. The number of nitrogens with one attached hydrogen (secondary N) is 2. The van der Waals surface area contributed by atoms with Gasteiger partial charge in [-0.3, -0.25) is 5.41 Å². The van der Waals surface area contributed by atoms with Crippen LogP contribution in [0.4, 0.5) is 14.6 Å². The molecule has 1 aliphatic heterocycles. The van der Waals surface area contributed by atoms with E-state index in [1.54, 1.807) is 6.20 Å². The number of rotatable bonds is 7. The lowest BCUT2D eigenvalue weighted by molar-refractivity contribution is 0.226. The van der Waals surface area contributed by atoms with Crippen LogP contribution in [0, 0.1) is 11.3 Å². The largest absolute Gasteiger partial charge is 0.355 e. The van der Waals surface area contributed by atoms with Gasteiger partial charge in [-0.05, 0) is 42.9 Å². The van der Waals surface area contributed by atoms with Crippen molar-refractivity contribution in [2.75, 3.05) is 30.0 Å². The normalized spacial score (nSPS) is 18.9. The van der Waals surface area contributed by atoms with Crippen LogP contribution in [0.3, 0.4) is 0 Å². The Morgan fingerprint density at radius 3 is 2.77 bits per heavy atom. The minimum Gasteiger partial charge on any atom is -0.355 e. The quantitative estimate of drug-likeness (QED) is 0.547. The fourth-order valence-corrected chi connectivity index (χ4v) is 3.66. The zero-order valence-electron chi connectivity index (χ0n) is 18.2. The second-order valence-corrected chi connectivity index (χ2v) is 8.52. The van der Waals surface area contributed by atoms with E-state index in [1.165, 1.54) is 24.6 Å². The van der Waals surface area contributed by atoms with Crippen LogP contribution < -0.4 is 10.6 Å². The molecule has 3 rings (SSSR count). The number of alkyl halides is 2. The van der Waals surface area contributed by atoms with Crippen molar-refractivity contribution in [2.24, 2.45) is 11.7 Å². The topological polar surface area (TPSA) is 108 Å². The summed E-state index contributed by atoms with van der Waals surface area (Å²) < 4.78 is 24.7. The van der Waals surface area contributed by atoms with E-state index >= 15 is 0 Å². The van der Waals surface area contributed by atoms with Gasteiger partial charge in [0.05, 0.1) is 23.3 Å². The summed E-state index contributed by atoms with van der Waals surface area (Å²) in [5.74, 6) is 2.97. The molecule has 7 nitrogen and oxygen atoms in total. The standard InChI is InChI=1S/C17H21F2N7.C4H10S/c1-10-4-11(20)8-26(7-10)16-5-13(23-9-24-16)14-6-22-15(25-14)3-2-12(21)17(18)19;1-3-4-5-2/h2-3,5-6,9-11,17,21H,4,7-8,20H2,1H3,(H,22,25);3-4H2,1-2H3/b3-2-,21-12?;. The first-order valence-corrected chi connectivity index (χ1v) is 11.6. The Kier molecular flexibility index (Phi) is 10.1. The SMILES string of the molecule is CC1CC(N)CN(c2cc(-c3cnc(/C=C\C(=N)C(F)F)[nH]3)ncn2)C1.CCCSC. The summed E-state index contributed by atoms with van der Waals surface area (Å²) in [7, 11) is 0. The van der Waals surface area contributed by atoms with E-state index in [-0.39, 0.29) is 6.04 Å². The Hall–Kier alpha value is -2.33. The Bertz CT molecular complexity index is 844. The molecule has 3 heterocycles. The van der Waals surface area contributed by atoms with Crippen molar-refractivity contribution >= 4 is 29.4 Å². The molecule has 2 aromatic heterocycles. The minimum atomic E-state index is -2.80. The molecule has 1 fully saturated rings. The van der Waals surface area contributed by atoms with Gasteiger partial charge in [0.15, 0.2) is 0 Å². The van der Waals surface area contributed by atoms with Crippen LogP contribution in [0.25, 0.3) is 17.5 Å². The van der Waals surface area contributed by atoms with Crippen molar-refractivity contribution in [1.29, 1.82) is 5.41 Å². The third-order valence-corrected chi connectivity index (χ3v) is 5.42. The molecule has 2 atom stereocenters. The number of hydrogen-bond acceptors (Lipinski definition) is 7. The van der Waals surface area contributed by atoms with Gasteiger partial charge >= 0.3 is 0 Å². The van der Waals surface area contributed by atoms with Gasteiger partial charge in [0, 0.05) is 25.2 Å². The van der Waals surface area contributed by atoms with Crippen LogP contribution in [0.5, 0.6) is 0 Å². The number of anilines is 1. The van der Waals surface area contributed by atoms with Gasteiger partial charge in [-0.1, -0.05) is 13.8 Å². The predicted octanol–water partition coefficient (Wildman–Crippen LogP) is 4.10. The number of aromatic nitrogens is 4. The average Bonchev–Trinajstić information content (AvgIpc) is 3.21. The van der Waals surface area contributed by atoms with Crippen LogP contribution in [-0.4, -0.2) is 63.2 Å². The molecule has 1 aliphatic rings. The van der Waals surface area contributed by atoms with Crippen molar-refractivity contribution in [2.45, 2.75) is 39.2 Å². The highest BCUT2D eigenvalue weighted by molar-refractivity contribution is 7.98. The number of piperidine rings is 1. The summed E-state index contributed by atoms with van der Waals surface area (Å²) in [4.78, 5) is 17.9. The molecule has 0 saturated carbocycles. The van der Waals surface area contributed by atoms with Crippen LogP contribution in [0.2, 0.25) is 0 Å². The molecule has 170 valence electrons. The fraction of sp³-hybridized carbons (Fsp3) is 0.524. The molecule has 0 spiro atoms. The van der Waals surface area contributed by atoms with Gasteiger partial charge < -0.3 is 15.6 Å². The molecule has 1 saturated heterocycles. The van der Waals surface area contributed by atoms with Crippen molar-refractivity contribution in [3.05, 3.63) is 30.5 Å². The molecule has 0 aromatic carbocycles. The zero-order valence-corrected chi connectivity index (χ0v) is 19.0. The van der Waals surface area contributed by atoms with Crippen molar-refractivity contribution < 1.29 is 8.78 Å². The second kappa shape index (κ2) is 12.5. The van der Waals surface area contributed by atoms with Crippen LogP contribution in [0.15, 0.2) is 24.7 Å². The molecule has 4 N–H and O–H groups in total. The van der Waals surface area contributed by atoms with E-state index < -0.39 is 12.1 Å². The maximum Gasteiger partial charge on any atom is 0.279 e. The van der Waals surface area contributed by atoms with Gasteiger partial charge in [-0.25, -0.2) is 23.7 Å². The highest BCUT2D eigenvalue weighted by atomic mass is 32.2. The molecule has 31 heavy (non-hydrogen) atoms. The van der Waals surface area contributed by atoms with Crippen LogP contribution in [-0.2, 0) is 0 Å². The van der Waals surface area contributed by atoms with E-state index in [0.29, 0.717) is 23.1 Å². The van der Waals surface area contributed by atoms with Gasteiger partial charge in [-0.15, -0.1) is 0 Å². The first kappa shape index (κ1) is 24.9. The Labute approximate surface area is 186 Å². The van der Waals surface area contributed by atoms with Gasteiger partial charge in [0.25, 0.3) is 6.43 Å². The molecule has 0 aliphatic carbocycles. The monoisotopic (exact) mass is 451 g/mol. The highest BCUT2D eigenvalue weighted by Crippen LogP contribution is 2.24. The van der Waals surface area contributed by atoms with E-state index in [0.717, 1.165) is 31.4 Å². The summed E-state index contributed by atoms with van der Waals surface area (Å²) in [5.41, 5.74) is 6.64. The maximum absolute atomic E-state index is 12.3. The number of nitrogens with two attached hydrogens (primary N) is 1. The molecule has 0 bridgehead atoms. The van der Waals surface area contributed by atoms with Gasteiger partial charge in [0.1, 0.15) is 18.0 Å². The Balaban J connectivity index is 0.000000614. The smallest absolute Gasteiger partial charge is 0.279 e. The fourth-order valence-electron chi connectivity index (χ4n) is 3.25. The average molecular weight is 452 g/mol. The number of thioether (sulfide) groups is 1. The molecular weight excluding hydrogens is 420 g/mol. The number of hydrogen-bond donors (Lipinski definition) is 3. The van der Waals surface area contributed by atoms with E-state index in [4.69, 9.17) is 11.1 Å². The summed E-state index contributed by atoms with van der Waals surface area (Å²) in [6.45, 7) is 5.99. The lowest BCUT2D eigenvalue weighted by atomic mass is 9.96. The molecule has 0 radical (unpaired) electrons. The van der Waals surface area contributed by atoms with Crippen LogP contribution in [0.1, 0.15) is 32.5 Å². The second-order valence-electron chi connectivity index (χ2n) is 7.53. The van der Waals surface area contributed by atoms with E-state index in [2.05, 4.69) is 44.9 Å².